The van der Waals surface area contributed by atoms with Crippen molar-refractivity contribution < 1.29 is 29.1 Å². The van der Waals surface area contributed by atoms with Gasteiger partial charge in [0.2, 0.25) is 17.7 Å². The Labute approximate surface area is 213 Å². The van der Waals surface area contributed by atoms with E-state index in [1.807, 2.05) is 13.8 Å². The van der Waals surface area contributed by atoms with Crippen molar-refractivity contribution >= 4 is 41.2 Å². The molecule has 2 atom stereocenters. The fourth-order valence-electron chi connectivity index (χ4n) is 3.68. The maximum atomic E-state index is 12.6. The topological polar surface area (TPSA) is 133 Å². The molecule has 0 saturated carbocycles. The van der Waals surface area contributed by atoms with Crippen molar-refractivity contribution in [3.05, 3.63) is 0 Å². The van der Waals surface area contributed by atoms with E-state index in [-0.39, 0.29) is 48.0 Å². The summed E-state index contributed by atoms with van der Waals surface area (Å²) in [6, 6.07) is -0.682. The van der Waals surface area contributed by atoms with Gasteiger partial charge >= 0.3 is 5.97 Å². The molecule has 0 bridgehead atoms. The van der Waals surface area contributed by atoms with Gasteiger partial charge in [-0.2, -0.15) is 0 Å². The molecule has 9 nitrogen and oxygen atoms in total. The standard InChI is InChI=1S/C25H43N3O6S/c1-17(2)20(29)11-7-6-10-14-28-23(31)15-21(24(28)32)35-16-19(25(33)34)27-22(30)12-8-5-9-13-26-18(3)4/h17-19,21,26H,5-16H2,1-4H3,(H,27,30)(H,33,34). The number of amides is 3. The third-order valence-corrected chi connectivity index (χ3v) is 7.18. The van der Waals surface area contributed by atoms with Gasteiger partial charge in [0.1, 0.15) is 11.8 Å². The van der Waals surface area contributed by atoms with Crippen molar-refractivity contribution in [2.24, 2.45) is 5.92 Å². The first-order chi connectivity index (χ1) is 16.5. The first-order valence-electron chi connectivity index (χ1n) is 12.8. The molecule has 0 aromatic heterocycles. The molecule has 10 heteroatoms. The zero-order valence-corrected chi connectivity index (χ0v) is 22.5. The summed E-state index contributed by atoms with van der Waals surface area (Å²) in [6.45, 7) is 9.09. The predicted molar refractivity (Wildman–Crippen MR) is 137 cm³/mol. The van der Waals surface area contributed by atoms with Crippen molar-refractivity contribution in [2.45, 2.75) is 103 Å². The minimum absolute atomic E-state index is 0.0195. The zero-order chi connectivity index (χ0) is 26.4. The molecular formula is C25H43N3O6S. The number of Topliss-reactive ketones (excluding diaryl/α,β-unsaturated/α-hetero) is 1. The van der Waals surface area contributed by atoms with Gasteiger partial charge in [0.05, 0.1) is 5.25 Å². The summed E-state index contributed by atoms with van der Waals surface area (Å²) in [6.07, 6.45) is 5.46. The van der Waals surface area contributed by atoms with E-state index in [9.17, 15) is 29.1 Å². The molecule has 1 fully saturated rings. The third-order valence-electron chi connectivity index (χ3n) is 5.88. The molecule has 1 heterocycles. The minimum Gasteiger partial charge on any atom is -0.480 e. The molecule has 0 spiro atoms. The second-order valence-electron chi connectivity index (χ2n) is 9.72. The average Bonchev–Trinajstić information content (AvgIpc) is 3.05. The Morgan fingerprint density at radius 3 is 2.29 bits per heavy atom. The highest BCUT2D eigenvalue weighted by molar-refractivity contribution is 8.00. The van der Waals surface area contributed by atoms with E-state index in [0.717, 1.165) is 44.0 Å². The van der Waals surface area contributed by atoms with Crippen LogP contribution in [0.5, 0.6) is 0 Å². The van der Waals surface area contributed by atoms with Gasteiger partial charge in [0.15, 0.2) is 0 Å². The quantitative estimate of drug-likeness (QED) is 0.177. The van der Waals surface area contributed by atoms with Crippen molar-refractivity contribution in [3.8, 4) is 0 Å². The van der Waals surface area contributed by atoms with Crippen molar-refractivity contribution in [1.82, 2.24) is 15.5 Å². The second kappa shape index (κ2) is 16.7. The molecule has 35 heavy (non-hydrogen) atoms. The number of unbranched alkanes of at least 4 members (excludes halogenated alkanes) is 4. The maximum absolute atomic E-state index is 12.6. The molecule has 3 N–H and O–H groups in total. The molecule has 1 aliphatic heterocycles. The zero-order valence-electron chi connectivity index (χ0n) is 21.6. The number of hydrogen-bond acceptors (Lipinski definition) is 7. The Bertz CT molecular complexity index is 728. The lowest BCUT2D eigenvalue weighted by Gasteiger charge is -2.17. The normalized spacial score (nSPS) is 16.9. The number of carbonyl (C=O) groups is 5. The summed E-state index contributed by atoms with van der Waals surface area (Å²) < 4.78 is 0. The molecule has 3 amide bonds. The molecule has 0 aromatic carbocycles. The molecule has 1 rings (SSSR count). The molecular weight excluding hydrogens is 470 g/mol. The number of likely N-dealkylation sites (tertiary alicyclic amines) is 1. The summed E-state index contributed by atoms with van der Waals surface area (Å²) in [5.41, 5.74) is 0. The van der Waals surface area contributed by atoms with Crippen LogP contribution in [0.1, 0.15) is 85.5 Å². The van der Waals surface area contributed by atoms with Crippen LogP contribution in [0.3, 0.4) is 0 Å². The minimum atomic E-state index is -1.16. The van der Waals surface area contributed by atoms with Gasteiger partial charge < -0.3 is 15.7 Å². The van der Waals surface area contributed by atoms with E-state index in [2.05, 4.69) is 24.5 Å². The lowest BCUT2D eigenvalue weighted by Crippen LogP contribution is -2.43. The van der Waals surface area contributed by atoms with E-state index in [1.165, 1.54) is 4.90 Å². The Hall–Kier alpha value is -1.94. The molecule has 1 saturated heterocycles. The molecule has 0 aliphatic carbocycles. The highest BCUT2D eigenvalue weighted by Gasteiger charge is 2.39. The number of nitrogens with one attached hydrogen (secondary N) is 2. The molecule has 0 radical (unpaired) electrons. The van der Waals surface area contributed by atoms with E-state index < -0.39 is 17.3 Å². The summed E-state index contributed by atoms with van der Waals surface area (Å²) in [5, 5.41) is 14.7. The highest BCUT2D eigenvalue weighted by Crippen LogP contribution is 2.26. The summed E-state index contributed by atoms with van der Waals surface area (Å²) in [5.74, 6) is -1.77. The Morgan fingerprint density at radius 2 is 1.66 bits per heavy atom. The van der Waals surface area contributed by atoms with Gasteiger partial charge in [-0.1, -0.05) is 40.5 Å². The van der Waals surface area contributed by atoms with E-state index in [0.29, 0.717) is 31.8 Å². The second-order valence-corrected chi connectivity index (χ2v) is 11.0. The Balaban J connectivity index is 2.35. The maximum Gasteiger partial charge on any atom is 0.327 e. The molecule has 200 valence electrons. The highest BCUT2D eigenvalue weighted by atomic mass is 32.2. The molecule has 0 aromatic rings. The lowest BCUT2D eigenvalue weighted by atomic mass is 10.0. The van der Waals surface area contributed by atoms with Gasteiger partial charge in [-0.05, 0) is 32.2 Å². The molecule has 1 aliphatic rings. The van der Waals surface area contributed by atoms with Gasteiger partial charge in [-0.3, -0.25) is 24.1 Å². The fourth-order valence-corrected chi connectivity index (χ4v) is 4.87. The van der Waals surface area contributed by atoms with Gasteiger partial charge in [0, 0.05) is 43.5 Å². The van der Waals surface area contributed by atoms with Crippen molar-refractivity contribution in [3.63, 3.8) is 0 Å². The van der Waals surface area contributed by atoms with Crippen LogP contribution in [0, 0.1) is 5.92 Å². The number of carbonyl (C=O) groups excluding carboxylic acids is 4. The van der Waals surface area contributed by atoms with Crippen LogP contribution < -0.4 is 10.6 Å². The van der Waals surface area contributed by atoms with Crippen LogP contribution in [0.4, 0.5) is 0 Å². The number of imide groups is 1. The van der Waals surface area contributed by atoms with Crippen LogP contribution in [0.15, 0.2) is 0 Å². The lowest BCUT2D eigenvalue weighted by molar-refractivity contribution is -0.141. The first kappa shape index (κ1) is 31.1. The average molecular weight is 514 g/mol. The Morgan fingerprint density at radius 1 is 1.00 bits per heavy atom. The fraction of sp³-hybridized carbons (Fsp3) is 0.800. The Kier molecular flexibility index (Phi) is 14.8. The number of ketones is 1. The summed E-state index contributed by atoms with van der Waals surface area (Å²) in [4.78, 5) is 61.6. The van der Waals surface area contributed by atoms with E-state index in [1.54, 1.807) is 0 Å². The van der Waals surface area contributed by atoms with Crippen molar-refractivity contribution in [1.29, 1.82) is 0 Å². The number of nitrogens with zero attached hydrogens (tertiary/aromatic N) is 1. The van der Waals surface area contributed by atoms with Gasteiger partial charge in [0.25, 0.3) is 0 Å². The third kappa shape index (κ3) is 12.5. The van der Waals surface area contributed by atoms with Crippen molar-refractivity contribution in [2.75, 3.05) is 18.8 Å². The smallest absolute Gasteiger partial charge is 0.327 e. The van der Waals surface area contributed by atoms with Crippen LogP contribution in [0.2, 0.25) is 0 Å². The number of hydrogen-bond donors (Lipinski definition) is 3. The largest absolute Gasteiger partial charge is 0.480 e. The number of thioether (sulfide) groups is 1. The summed E-state index contributed by atoms with van der Waals surface area (Å²) in [7, 11) is 0. The van der Waals surface area contributed by atoms with Gasteiger partial charge in [-0.15, -0.1) is 11.8 Å². The number of rotatable bonds is 19. The van der Waals surface area contributed by atoms with Gasteiger partial charge in [-0.25, -0.2) is 4.79 Å². The monoisotopic (exact) mass is 513 g/mol. The van der Waals surface area contributed by atoms with Crippen LogP contribution in [-0.4, -0.2) is 75.7 Å². The number of carboxylic acid groups (broad SMARTS) is 1. The number of carboxylic acids is 1. The van der Waals surface area contributed by atoms with E-state index >= 15 is 0 Å². The van der Waals surface area contributed by atoms with Crippen LogP contribution in [-0.2, 0) is 24.0 Å². The predicted octanol–water partition coefficient (Wildman–Crippen LogP) is 2.76. The van der Waals surface area contributed by atoms with E-state index in [4.69, 9.17) is 0 Å². The van der Waals surface area contributed by atoms with Crippen LogP contribution in [0.25, 0.3) is 0 Å². The number of aliphatic carboxylic acids is 1. The molecule has 2 unspecified atom stereocenters. The SMILES string of the molecule is CC(C)NCCCCCC(=O)NC(CSC1CC(=O)N(CCCCCC(=O)C(C)C)C1=O)C(=O)O. The summed E-state index contributed by atoms with van der Waals surface area (Å²) >= 11 is 1.11. The first-order valence-corrected chi connectivity index (χ1v) is 13.8. The van der Waals surface area contributed by atoms with Crippen LogP contribution >= 0.6 is 11.8 Å².